The molecule has 0 bridgehead atoms. The lowest BCUT2D eigenvalue weighted by Crippen LogP contribution is -2.26. The fraction of sp³-hybridized carbons (Fsp3) is 0.909. The van der Waals surface area contributed by atoms with Gasteiger partial charge in [0.15, 0.2) is 0 Å². The third kappa shape index (κ3) is 4.36. The van der Waals surface area contributed by atoms with Crippen LogP contribution >= 0.6 is 11.8 Å². The molecule has 0 amide bonds. The first-order valence-electron chi connectivity index (χ1n) is 5.63. The summed E-state index contributed by atoms with van der Waals surface area (Å²) in [5, 5.41) is 0. The van der Waals surface area contributed by atoms with Crippen molar-refractivity contribution >= 4 is 17.6 Å². The fourth-order valence-corrected chi connectivity index (χ4v) is 2.36. The van der Waals surface area contributed by atoms with Crippen LogP contribution in [0.1, 0.15) is 38.5 Å². The van der Waals surface area contributed by atoms with Gasteiger partial charge in [-0.05, 0) is 31.3 Å². The lowest BCUT2D eigenvalue weighted by atomic mass is 9.88. The number of thioether (sulfide) groups is 1. The Bertz CT molecular complexity index is 174. The van der Waals surface area contributed by atoms with Gasteiger partial charge in [0, 0.05) is 12.5 Å². The summed E-state index contributed by atoms with van der Waals surface area (Å²) in [6, 6.07) is 0. The molecule has 2 nitrogen and oxygen atoms in total. The van der Waals surface area contributed by atoms with Crippen LogP contribution in [-0.2, 0) is 0 Å². The van der Waals surface area contributed by atoms with Gasteiger partial charge in [-0.1, -0.05) is 19.3 Å². The van der Waals surface area contributed by atoms with E-state index in [1.165, 1.54) is 37.9 Å². The Hall–Kier alpha value is -0.180. The van der Waals surface area contributed by atoms with Crippen LogP contribution in [0.5, 0.6) is 0 Å². The minimum absolute atomic E-state index is 0.595. The SMILES string of the molecule is CSCCCN=C(N)C1CCCCC1. The molecule has 1 aliphatic rings. The molecule has 3 heteroatoms. The molecule has 1 rings (SSSR count). The average molecular weight is 214 g/mol. The predicted octanol–water partition coefficient (Wildman–Crippen LogP) is 2.68. The maximum Gasteiger partial charge on any atom is 0.0968 e. The van der Waals surface area contributed by atoms with E-state index in [2.05, 4.69) is 11.2 Å². The zero-order valence-corrected chi connectivity index (χ0v) is 9.98. The van der Waals surface area contributed by atoms with Gasteiger partial charge in [-0.2, -0.15) is 11.8 Å². The number of nitrogens with two attached hydrogens (primary N) is 1. The van der Waals surface area contributed by atoms with Crippen molar-refractivity contribution in [1.29, 1.82) is 0 Å². The molecule has 0 radical (unpaired) electrons. The lowest BCUT2D eigenvalue weighted by Gasteiger charge is -2.20. The number of aliphatic imine (C=N–C) groups is 1. The summed E-state index contributed by atoms with van der Waals surface area (Å²) in [4.78, 5) is 4.47. The van der Waals surface area contributed by atoms with Gasteiger partial charge in [-0.25, -0.2) is 0 Å². The van der Waals surface area contributed by atoms with E-state index in [1.807, 2.05) is 11.8 Å². The van der Waals surface area contributed by atoms with Gasteiger partial charge < -0.3 is 5.73 Å². The van der Waals surface area contributed by atoms with Gasteiger partial charge in [-0.15, -0.1) is 0 Å². The second-order valence-corrected chi connectivity index (χ2v) is 4.97. The normalized spacial score (nSPS) is 19.9. The van der Waals surface area contributed by atoms with E-state index in [4.69, 9.17) is 5.73 Å². The predicted molar refractivity (Wildman–Crippen MR) is 66.1 cm³/mol. The van der Waals surface area contributed by atoms with Crippen molar-refractivity contribution in [2.75, 3.05) is 18.6 Å². The van der Waals surface area contributed by atoms with Crippen molar-refractivity contribution in [3.05, 3.63) is 0 Å². The van der Waals surface area contributed by atoms with E-state index >= 15 is 0 Å². The molecule has 1 saturated carbocycles. The molecule has 82 valence electrons. The number of amidine groups is 1. The zero-order chi connectivity index (χ0) is 10.2. The molecule has 0 atom stereocenters. The molecule has 0 heterocycles. The molecule has 0 aromatic carbocycles. The van der Waals surface area contributed by atoms with Crippen LogP contribution in [0.4, 0.5) is 0 Å². The number of hydrogen-bond acceptors (Lipinski definition) is 2. The topological polar surface area (TPSA) is 38.4 Å². The van der Waals surface area contributed by atoms with Crippen LogP contribution in [0, 0.1) is 5.92 Å². The monoisotopic (exact) mass is 214 g/mol. The second-order valence-electron chi connectivity index (χ2n) is 3.99. The Morgan fingerprint density at radius 3 is 2.71 bits per heavy atom. The molecule has 0 saturated heterocycles. The average Bonchev–Trinajstić information content (AvgIpc) is 2.25. The highest BCUT2D eigenvalue weighted by molar-refractivity contribution is 7.98. The molecule has 14 heavy (non-hydrogen) atoms. The Kier molecular flexibility index (Phi) is 6.08. The Labute approximate surface area is 91.7 Å². The molecule has 0 spiro atoms. The van der Waals surface area contributed by atoms with Crippen LogP contribution in [0.25, 0.3) is 0 Å². The van der Waals surface area contributed by atoms with Crippen molar-refractivity contribution in [3.8, 4) is 0 Å². The third-order valence-corrected chi connectivity index (χ3v) is 3.52. The van der Waals surface area contributed by atoms with E-state index < -0.39 is 0 Å². The van der Waals surface area contributed by atoms with Crippen molar-refractivity contribution in [2.24, 2.45) is 16.6 Å². The van der Waals surface area contributed by atoms with Crippen LogP contribution in [0.3, 0.4) is 0 Å². The van der Waals surface area contributed by atoms with E-state index in [0.29, 0.717) is 5.92 Å². The lowest BCUT2D eigenvalue weighted by molar-refractivity contribution is 0.436. The maximum atomic E-state index is 5.97. The summed E-state index contributed by atoms with van der Waals surface area (Å²) in [5.74, 6) is 2.71. The van der Waals surface area contributed by atoms with E-state index in [9.17, 15) is 0 Å². The molecular weight excluding hydrogens is 192 g/mol. The van der Waals surface area contributed by atoms with Gasteiger partial charge >= 0.3 is 0 Å². The minimum Gasteiger partial charge on any atom is -0.387 e. The van der Waals surface area contributed by atoms with E-state index in [0.717, 1.165) is 18.8 Å². The largest absolute Gasteiger partial charge is 0.387 e. The molecule has 0 aromatic rings. The van der Waals surface area contributed by atoms with Crippen molar-refractivity contribution in [1.82, 2.24) is 0 Å². The molecule has 2 N–H and O–H groups in total. The van der Waals surface area contributed by atoms with Gasteiger partial charge in [0.25, 0.3) is 0 Å². The van der Waals surface area contributed by atoms with Crippen LogP contribution < -0.4 is 5.73 Å². The highest BCUT2D eigenvalue weighted by Gasteiger charge is 2.16. The summed E-state index contributed by atoms with van der Waals surface area (Å²) in [6.07, 6.45) is 9.88. The van der Waals surface area contributed by atoms with Gasteiger partial charge in [0.1, 0.15) is 0 Å². The van der Waals surface area contributed by atoms with Gasteiger partial charge in [0.2, 0.25) is 0 Å². The summed E-state index contributed by atoms with van der Waals surface area (Å²) in [5.41, 5.74) is 5.97. The standard InChI is InChI=1S/C11H22N2S/c1-14-9-5-8-13-11(12)10-6-3-2-4-7-10/h10H,2-9H2,1H3,(H2,12,13). The smallest absolute Gasteiger partial charge is 0.0968 e. The van der Waals surface area contributed by atoms with E-state index in [1.54, 1.807) is 0 Å². The fourth-order valence-electron chi connectivity index (χ4n) is 1.94. The molecule has 0 aromatic heterocycles. The van der Waals surface area contributed by atoms with Crippen LogP contribution in [0.15, 0.2) is 4.99 Å². The summed E-state index contributed by atoms with van der Waals surface area (Å²) in [7, 11) is 0. The van der Waals surface area contributed by atoms with E-state index in [-0.39, 0.29) is 0 Å². The molecular formula is C11H22N2S. The third-order valence-electron chi connectivity index (χ3n) is 2.82. The minimum atomic E-state index is 0.595. The van der Waals surface area contributed by atoms with Crippen molar-refractivity contribution in [2.45, 2.75) is 38.5 Å². The van der Waals surface area contributed by atoms with Crippen LogP contribution in [0.2, 0.25) is 0 Å². The number of nitrogens with zero attached hydrogens (tertiary/aromatic N) is 1. The molecule has 0 aliphatic heterocycles. The van der Waals surface area contributed by atoms with Crippen molar-refractivity contribution < 1.29 is 0 Å². The van der Waals surface area contributed by atoms with Crippen LogP contribution in [-0.4, -0.2) is 24.4 Å². The summed E-state index contributed by atoms with van der Waals surface area (Å²) >= 11 is 1.88. The summed E-state index contributed by atoms with van der Waals surface area (Å²) in [6.45, 7) is 0.920. The maximum absolute atomic E-state index is 5.97. The highest BCUT2D eigenvalue weighted by Crippen LogP contribution is 2.23. The van der Waals surface area contributed by atoms with Gasteiger partial charge in [0.05, 0.1) is 5.84 Å². The quantitative estimate of drug-likeness (QED) is 0.434. The summed E-state index contributed by atoms with van der Waals surface area (Å²) < 4.78 is 0. The first-order valence-corrected chi connectivity index (χ1v) is 7.02. The zero-order valence-electron chi connectivity index (χ0n) is 9.17. The first kappa shape index (κ1) is 11.9. The highest BCUT2D eigenvalue weighted by atomic mass is 32.2. The molecule has 1 fully saturated rings. The molecule has 0 unspecified atom stereocenters. The molecule has 1 aliphatic carbocycles. The Morgan fingerprint density at radius 1 is 1.36 bits per heavy atom. The van der Waals surface area contributed by atoms with Crippen molar-refractivity contribution in [3.63, 3.8) is 0 Å². The first-order chi connectivity index (χ1) is 6.84. The number of hydrogen-bond donors (Lipinski definition) is 1. The Balaban J connectivity index is 2.20. The Morgan fingerprint density at radius 2 is 2.07 bits per heavy atom. The second kappa shape index (κ2) is 7.16. The number of rotatable bonds is 5. The van der Waals surface area contributed by atoms with Gasteiger partial charge in [-0.3, -0.25) is 4.99 Å².